The van der Waals surface area contributed by atoms with Crippen molar-refractivity contribution in [1.29, 1.82) is 0 Å². The first-order chi connectivity index (χ1) is 27.2. The fraction of sp³-hybridized carbons (Fsp3) is 0.0455. The summed E-state index contributed by atoms with van der Waals surface area (Å²) in [5.74, 6) is 6.94. The molecule has 0 atom stereocenters. The van der Waals surface area contributed by atoms with Crippen LogP contribution >= 0.6 is 23.9 Å². The van der Waals surface area contributed by atoms with Gasteiger partial charge in [0.1, 0.15) is 46.0 Å². The second-order valence-corrected chi connectivity index (χ2v) is 16.1. The predicted octanol–water partition coefficient (Wildman–Crippen LogP) is 5.12. The van der Waals surface area contributed by atoms with Crippen molar-refractivity contribution >= 4 is 116 Å². The lowest BCUT2D eigenvalue weighted by Gasteiger charge is -2.44. The van der Waals surface area contributed by atoms with Gasteiger partial charge in [0.15, 0.2) is 0 Å². The van der Waals surface area contributed by atoms with Crippen molar-refractivity contribution in [3.8, 4) is 46.0 Å². The van der Waals surface area contributed by atoms with E-state index >= 15 is 0 Å². The van der Waals surface area contributed by atoms with E-state index in [0.29, 0.717) is 0 Å². The van der Waals surface area contributed by atoms with E-state index in [-0.39, 0.29) is 20.1 Å². The fourth-order valence-corrected chi connectivity index (χ4v) is 11.4. The molecule has 258 valence electrons. The van der Waals surface area contributed by atoms with E-state index in [1.807, 2.05) is 12.1 Å². The number of nitrogens with zero attached hydrogens (tertiary/aromatic N) is 2. The van der Waals surface area contributed by atoms with E-state index in [2.05, 4.69) is 136 Å². The van der Waals surface area contributed by atoms with Gasteiger partial charge < -0.3 is 18.9 Å². The van der Waals surface area contributed by atoms with Crippen molar-refractivity contribution in [3.63, 3.8) is 0 Å². The van der Waals surface area contributed by atoms with Crippen LogP contribution in [0.2, 0.25) is 0 Å². The van der Waals surface area contributed by atoms with Crippen LogP contribution in [0.5, 0.6) is 46.0 Å². The largest absolute Gasteiger partial charge is 0.458 e. The number of hydrogen-bond acceptors (Lipinski definition) is 8. The summed E-state index contributed by atoms with van der Waals surface area (Å²) in [6.45, 7) is -0.0982. The van der Waals surface area contributed by atoms with E-state index < -0.39 is 0 Å². The highest BCUT2D eigenvalue weighted by molar-refractivity contribution is 8.00. The molecule has 0 spiro atoms. The second kappa shape index (κ2) is 10.9. The first-order valence-electron chi connectivity index (χ1n) is 18.5. The molecule has 0 aromatic heterocycles. The Kier molecular flexibility index (Phi) is 6.07. The van der Waals surface area contributed by atoms with Gasteiger partial charge in [-0.3, -0.25) is 8.61 Å². The van der Waals surface area contributed by atoms with E-state index in [1.54, 1.807) is 23.9 Å². The van der Waals surface area contributed by atoms with Crippen LogP contribution in [0.15, 0.2) is 127 Å². The average molecular weight is 744 g/mol. The molecular weight excluding hydrogens is 717 g/mol. The molecule has 0 radical (unpaired) electrons. The van der Waals surface area contributed by atoms with Crippen molar-refractivity contribution < 1.29 is 18.9 Å². The lowest BCUT2D eigenvalue weighted by atomic mass is 9.30. The number of ether oxygens (including phenoxy) is 4. The Hall–Kier alpha value is -5.77. The maximum Gasteiger partial charge on any atom is 0.260 e. The van der Waals surface area contributed by atoms with Gasteiger partial charge in [-0.25, -0.2) is 0 Å². The summed E-state index contributed by atoms with van der Waals surface area (Å²) in [5.41, 5.74) is 15.3. The molecule has 0 amide bonds. The molecule has 0 fully saturated rings. The van der Waals surface area contributed by atoms with Gasteiger partial charge in [-0.2, -0.15) is 0 Å². The highest BCUT2D eigenvalue weighted by atomic mass is 32.2. The Morgan fingerprint density at radius 1 is 0.345 bits per heavy atom. The van der Waals surface area contributed by atoms with Crippen molar-refractivity contribution in [2.24, 2.45) is 0 Å². The molecule has 7 aromatic carbocycles. The molecule has 7 aromatic rings. The Labute approximate surface area is 327 Å². The number of rotatable bonds is 2. The summed E-state index contributed by atoms with van der Waals surface area (Å²) in [6, 6.07) is 45.3. The smallest absolute Gasteiger partial charge is 0.260 e. The minimum absolute atomic E-state index is 0.0269. The number of hydrogen-bond donors (Lipinski definition) is 0. The van der Waals surface area contributed by atoms with Crippen LogP contribution in [-0.4, -0.2) is 32.6 Å². The minimum atomic E-state index is -0.0444. The molecule has 55 heavy (non-hydrogen) atoms. The minimum Gasteiger partial charge on any atom is -0.458 e. The highest BCUT2D eigenvalue weighted by Gasteiger charge is 2.48. The Morgan fingerprint density at radius 2 is 0.727 bits per heavy atom. The quantitative estimate of drug-likeness (QED) is 0.179. The maximum absolute atomic E-state index is 6.83. The van der Waals surface area contributed by atoms with Gasteiger partial charge in [0.2, 0.25) is 0 Å². The summed E-state index contributed by atoms with van der Waals surface area (Å²) in [4.78, 5) is 0. The van der Waals surface area contributed by atoms with Gasteiger partial charge in [0.05, 0.1) is 11.4 Å². The molecule has 0 N–H and O–H groups in total. The zero-order valence-corrected chi connectivity index (χ0v) is 31.3. The lowest BCUT2D eigenvalue weighted by Crippen LogP contribution is -2.65. The standard InChI is InChI=1S/C44H27B3N2O4S2/c1-54-48-30-12-7-13-31-42(30)47(26-20-28-40(22-32(26)48)52-38-18-8-16-36-43(38)45(28)24-10-3-5-14-34(24)50-36)27-21-29-41(23-33(27)49(31)55-2)53-39-19-9-17-37-44(39)46(29)25-11-4-6-15-35(25)51-37/h3-23H,1-2H3. The van der Waals surface area contributed by atoms with E-state index in [0.717, 1.165) is 90.1 Å². The van der Waals surface area contributed by atoms with Gasteiger partial charge in [0, 0.05) is 46.9 Å². The summed E-state index contributed by atoms with van der Waals surface area (Å²) in [6.07, 6.45) is 4.32. The SMILES string of the molecule is CSN1c2cc3c(cc2B2c4cc5c(cc4N(SC)c4cccc1c42)Oc1cccc2c1B5c1ccccc1O2)B1c2ccccc2Oc2cccc(c21)O3. The van der Waals surface area contributed by atoms with Crippen molar-refractivity contribution in [2.45, 2.75) is 0 Å². The van der Waals surface area contributed by atoms with Crippen molar-refractivity contribution in [2.75, 3.05) is 21.1 Å². The molecule has 6 aliphatic rings. The average Bonchev–Trinajstić information content (AvgIpc) is 3.22. The van der Waals surface area contributed by atoms with Crippen LogP contribution in [0.1, 0.15) is 0 Å². The molecule has 6 aliphatic heterocycles. The van der Waals surface area contributed by atoms with Gasteiger partial charge in [-0.05, 0) is 111 Å². The lowest BCUT2D eigenvalue weighted by molar-refractivity contribution is 0.464. The van der Waals surface area contributed by atoms with Crippen LogP contribution in [0.3, 0.4) is 0 Å². The van der Waals surface area contributed by atoms with Gasteiger partial charge >= 0.3 is 0 Å². The zero-order chi connectivity index (χ0) is 36.1. The molecule has 0 aliphatic carbocycles. The molecule has 11 heteroatoms. The Morgan fingerprint density at radius 3 is 1.18 bits per heavy atom. The van der Waals surface area contributed by atoms with Gasteiger partial charge in [-0.15, -0.1) is 0 Å². The summed E-state index contributed by atoms with van der Waals surface area (Å²) in [5, 5.41) is 0. The molecular formula is C44H27B3N2O4S2. The monoisotopic (exact) mass is 744 g/mol. The van der Waals surface area contributed by atoms with Crippen molar-refractivity contribution in [1.82, 2.24) is 0 Å². The molecule has 0 bridgehead atoms. The first kappa shape index (κ1) is 30.5. The van der Waals surface area contributed by atoms with E-state index in [1.165, 1.54) is 27.8 Å². The summed E-state index contributed by atoms with van der Waals surface area (Å²) in [7, 11) is 0. The van der Waals surface area contributed by atoms with E-state index in [9.17, 15) is 0 Å². The van der Waals surface area contributed by atoms with Crippen LogP contribution in [-0.2, 0) is 0 Å². The molecule has 0 saturated carbocycles. The fourth-order valence-electron chi connectivity index (χ4n) is 10.00. The van der Waals surface area contributed by atoms with Crippen LogP contribution in [0, 0.1) is 0 Å². The first-order valence-corrected chi connectivity index (χ1v) is 20.9. The molecule has 6 heterocycles. The van der Waals surface area contributed by atoms with Crippen LogP contribution < -0.4 is 76.7 Å². The zero-order valence-electron chi connectivity index (χ0n) is 29.7. The van der Waals surface area contributed by atoms with Gasteiger partial charge in [-0.1, -0.05) is 66.7 Å². The second-order valence-electron chi connectivity index (χ2n) is 14.7. The summed E-state index contributed by atoms with van der Waals surface area (Å²) < 4.78 is 31.4. The number of para-hydroxylation sites is 2. The number of benzene rings is 7. The highest BCUT2D eigenvalue weighted by Crippen LogP contribution is 2.45. The molecule has 0 saturated heterocycles. The number of anilines is 4. The Bertz CT molecular complexity index is 2700. The molecule has 0 unspecified atom stereocenters. The van der Waals surface area contributed by atoms with E-state index in [4.69, 9.17) is 18.9 Å². The maximum atomic E-state index is 6.83. The third-order valence-corrected chi connectivity index (χ3v) is 13.6. The van der Waals surface area contributed by atoms with Crippen LogP contribution in [0.25, 0.3) is 0 Å². The normalized spacial score (nSPS) is 14.9. The predicted molar refractivity (Wildman–Crippen MR) is 231 cm³/mol. The third-order valence-electron chi connectivity index (χ3n) is 12.1. The third kappa shape index (κ3) is 3.92. The summed E-state index contributed by atoms with van der Waals surface area (Å²) >= 11 is 3.46. The topological polar surface area (TPSA) is 43.4 Å². The Balaban J connectivity index is 1.09. The number of fused-ring (bicyclic) bond motifs is 12. The van der Waals surface area contributed by atoms with Gasteiger partial charge in [0.25, 0.3) is 20.1 Å². The van der Waals surface area contributed by atoms with Crippen LogP contribution in [0.4, 0.5) is 22.7 Å². The molecule has 13 rings (SSSR count). The van der Waals surface area contributed by atoms with Crippen molar-refractivity contribution in [3.05, 3.63) is 127 Å². The molecule has 6 nitrogen and oxygen atoms in total.